The Balaban J connectivity index is 2.10. The molecular weight excluding hydrogens is 262 g/mol. The molecule has 0 amide bonds. The third kappa shape index (κ3) is 3.32. The predicted octanol–water partition coefficient (Wildman–Crippen LogP) is 1.63. The van der Waals surface area contributed by atoms with Crippen molar-refractivity contribution in [2.45, 2.75) is 38.8 Å². The van der Waals surface area contributed by atoms with Crippen molar-refractivity contribution in [2.75, 3.05) is 13.6 Å². The first kappa shape index (κ1) is 14.4. The molecule has 1 aromatic heterocycles. The molecule has 6 heteroatoms. The number of nitrogens with zero attached hydrogens (tertiary/aromatic N) is 3. The second kappa shape index (κ2) is 5.98. The maximum absolute atomic E-state index is 12.5. The van der Waals surface area contributed by atoms with E-state index in [9.17, 15) is 8.42 Å². The van der Waals surface area contributed by atoms with Crippen LogP contribution in [0.15, 0.2) is 24.5 Å². The SMILES string of the molecule is CC1CCCCN1S(=O)(=O)N(C)Cc1ccncc1. The van der Waals surface area contributed by atoms with Gasteiger partial charge in [-0.25, -0.2) is 0 Å². The third-order valence-corrected chi connectivity index (χ3v) is 5.64. The van der Waals surface area contributed by atoms with Crippen LogP contribution in [0.5, 0.6) is 0 Å². The van der Waals surface area contributed by atoms with E-state index in [4.69, 9.17) is 0 Å². The minimum absolute atomic E-state index is 0.0960. The van der Waals surface area contributed by atoms with Gasteiger partial charge in [0.1, 0.15) is 0 Å². The van der Waals surface area contributed by atoms with Gasteiger partial charge in [0.25, 0.3) is 10.2 Å². The number of rotatable bonds is 4. The fourth-order valence-corrected chi connectivity index (χ4v) is 4.01. The number of hydrogen-bond acceptors (Lipinski definition) is 3. The Morgan fingerprint density at radius 2 is 2.05 bits per heavy atom. The highest BCUT2D eigenvalue weighted by Crippen LogP contribution is 2.22. The summed E-state index contributed by atoms with van der Waals surface area (Å²) in [4.78, 5) is 3.94. The predicted molar refractivity (Wildman–Crippen MR) is 74.6 cm³/mol. The summed E-state index contributed by atoms with van der Waals surface area (Å²) < 4.78 is 28.1. The molecule has 1 aliphatic rings. The first-order chi connectivity index (χ1) is 9.01. The van der Waals surface area contributed by atoms with Gasteiger partial charge in [-0.15, -0.1) is 0 Å². The highest BCUT2D eigenvalue weighted by atomic mass is 32.2. The summed E-state index contributed by atoms with van der Waals surface area (Å²) >= 11 is 0. The van der Waals surface area contributed by atoms with Crippen LogP contribution in [0.2, 0.25) is 0 Å². The second-order valence-electron chi connectivity index (χ2n) is 5.07. The van der Waals surface area contributed by atoms with Gasteiger partial charge in [0.2, 0.25) is 0 Å². The Morgan fingerprint density at radius 3 is 2.68 bits per heavy atom. The van der Waals surface area contributed by atoms with Crippen molar-refractivity contribution in [3.8, 4) is 0 Å². The third-order valence-electron chi connectivity index (χ3n) is 3.59. The zero-order valence-electron chi connectivity index (χ0n) is 11.5. The van der Waals surface area contributed by atoms with Gasteiger partial charge in [-0.2, -0.15) is 17.0 Å². The zero-order chi connectivity index (χ0) is 13.9. The van der Waals surface area contributed by atoms with Crippen molar-refractivity contribution in [3.63, 3.8) is 0 Å². The lowest BCUT2D eigenvalue weighted by atomic mass is 10.1. The highest BCUT2D eigenvalue weighted by Gasteiger charge is 2.32. The van der Waals surface area contributed by atoms with Crippen LogP contribution in [0.25, 0.3) is 0 Å². The molecule has 1 saturated heterocycles. The number of aromatic nitrogens is 1. The molecule has 2 rings (SSSR count). The lowest BCUT2D eigenvalue weighted by Gasteiger charge is -2.35. The number of hydrogen-bond donors (Lipinski definition) is 0. The van der Waals surface area contributed by atoms with Crippen molar-refractivity contribution in [3.05, 3.63) is 30.1 Å². The first-order valence-corrected chi connectivity index (χ1v) is 8.03. The van der Waals surface area contributed by atoms with Crippen molar-refractivity contribution >= 4 is 10.2 Å². The fraction of sp³-hybridized carbons (Fsp3) is 0.615. The average molecular weight is 283 g/mol. The summed E-state index contributed by atoms with van der Waals surface area (Å²) in [6.07, 6.45) is 6.37. The molecule has 5 nitrogen and oxygen atoms in total. The van der Waals surface area contributed by atoms with Crippen LogP contribution in [-0.2, 0) is 16.8 Å². The molecule has 19 heavy (non-hydrogen) atoms. The highest BCUT2D eigenvalue weighted by molar-refractivity contribution is 7.86. The Morgan fingerprint density at radius 1 is 1.37 bits per heavy atom. The topological polar surface area (TPSA) is 53.5 Å². The average Bonchev–Trinajstić information content (AvgIpc) is 2.40. The fourth-order valence-electron chi connectivity index (χ4n) is 2.42. The minimum Gasteiger partial charge on any atom is -0.265 e. The van der Waals surface area contributed by atoms with Crippen LogP contribution in [0.1, 0.15) is 31.7 Å². The van der Waals surface area contributed by atoms with Gasteiger partial charge in [-0.1, -0.05) is 6.42 Å². The molecule has 1 atom stereocenters. The lowest BCUT2D eigenvalue weighted by Crippen LogP contribution is -2.48. The minimum atomic E-state index is -3.36. The van der Waals surface area contributed by atoms with E-state index < -0.39 is 10.2 Å². The van der Waals surface area contributed by atoms with Crippen LogP contribution >= 0.6 is 0 Å². The van der Waals surface area contributed by atoms with E-state index in [0.29, 0.717) is 13.1 Å². The summed E-state index contributed by atoms with van der Waals surface area (Å²) in [5.41, 5.74) is 0.950. The molecule has 0 aromatic carbocycles. The van der Waals surface area contributed by atoms with Gasteiger partial charge < -0.3 is 0 Å². The van der Waals surface area contributed by atoms with Gasteiger partial charge in [0, 0.05) is 38.6 Å². The van der Waals surface area contributed by atoms with Gasteiger partial charge in [0.05, 0.1) is 0 Å². The van der Waals surface area contributed by atoms with Crippen molar-refractivity contribution < 1.29 is 8.42 Å². The van der Waals surface area contributed by atoms with Gasteiger partial charge in [0.15, 0.2) is 0 Å². The van der Waals surface area contributed by atoms with E-state index in [1.165, 1.54) is 4.31 Å². The summed E-state index contributed by atoms with van der Waals surface area (Å²) in [7, 11) is -1.73. The molecule has 0 saturated carbocycles. The van der Waals surface area contributed by atoms with E-state index in [1.54, 1.807) is 23.7 Å². The van der Waals surface area contributed by atoms with Crippen LogP contribution in [0, 0.1) is 0 Å². The summed E-state index contributed by atoms with van der Waals surface area (Å²) in [6, 6.07) is 3.77. The lowest BCUT2D eigenvalue weighted by molar-refractivity contribution is 0.249. The smallest absolute Gasteiger partial charge is 0.265 e. The van der Waals surface area contributed by atoms with Crippen LogP contribution in [-0.4, -0.2) is 41.6 Å². The standard InChI is InChI=1S/C13H21N3O2S/c1-12-5-3-4-10-16(12)19(17,18)15(2)11-13-6-8-14-9-7-13/h6-9,12H,3-5,10-11H2,1-2H3. The zero-order valence-corrected chi connectivity index (χ0v) is 12.3. The maximum atomic E-state index is 12.5. The normalized spacial score (nSPS) is 21.7. The van der Waals surface area contributed by atoms with Crippen LogP contribution in [0.4, 0.5) is 0 Å². The Kier molecular flexibility index (Phi) is 4.54. The molecule has 0 aliphatic carbocycles. The molecule has 0 spiro atoms. The molecule has 0 N–H and O–H groups in total. The maximum Gasteiger partial charge on any atom is 0.282 e. The Hall–Kier alpha value is -0.980. The molecule has 0 radical (unpaired) electrons. The second-order valence-corrected chi connectivity index (χ2v) is 7.06. The van der Waals surface area contributed by atoms with Gasteiger partial charge in [-0.05, 0) is 37.5 Å². The monoisotopic (exact) mass is 283 g/mol. The number of piperidine rings is 1. The quantitative estimate of drug-likeness (QED) is 0.844. The van der Waals surface area contributed by atoms with E-state index in [1.807, 2.05) is 19.1 Å². The van der Waals surface area contributed by atoms with Crippen LogP contribution in [0.3, 0.4) is 0 Å². The van der Waals surface area contributed by atoms with Crippen molar-refractivity contribution in [1.82, 2.24) is 13.6 Å². The van der Waals surface area contributed by atoms with Crippen molar-refractivity contribution in [1.29, 1.82) is 0 Å². The van der Waals surface area contributed by atoms with E-state index in [2.05, 4.69) is 4.98 Å². The molecule has 1 aliphatic heterocycles. The molecular formula is C13H21N3O2S. The van der Waals surface area contributed by atoms with E-state index in [-0.39, 0.29) is 6.04 Å². The largest absolute Gasteiger partial charge is 0.282 e. The molecule has 0 bridgehead atoms. The van der Waals surface area contributed by atoms with Crippen molar-refractivity contribution in [2.24, 2.45) is 0 Å². The summed E-state index contributed by atoms with van der Waals surface area (Å²) in [6.45, 7) is 3.00. The van der Waals surface area contributed by atoms with Gasteiger partial charge in [-0.3, -0.25) is 4.98 Å². The molecule has 106 valence electrons. The van der Waals surface area contributed by atoms with Gasteiger partial charge >= 0.3 is 0 Å². The Bertz CT molecular complexity index is 504. The molecule has 1 fully saturated rings. The van der Waals surface area contributed by atoms with E-state index in [0.717, 1.165) is 24.8 Å². The summed E-state index contributed by atoms with van der Waals surface area (Å²) in [5, 5.41) is 0. The first-order valence-electron chi connectivity index (χ1n) is 6.64. The molecule has 1 unspecified atom stereocenters. The number of pyridine rings is 1. The summed E-state index contributed by atoms with van der Waals surface area (Å²) in [5.74, 6) is 0. The Labute approximate surface area is 115 Å². The molecule has 2 heterocycles. The van der Waals surface area contributed by atoms with E-state index >= 15 is 0 Å². The van der Waals surface area contributed by atoms with Crippen LogP contribution < -0.4 is 0 Å². The molecule has 1 aromatic rings.